The summed E-state index contributed by atoms with van der Waals surface area (Å²) in [6, 6.07) is 11.8. The summed E-state index contributed by atoms with van der Waals surface area (Å²) < 4.78 is 61.9. The molecule has 12 nitrogen and oxygen atoms in total. The molecule has 0 amide bonds. The van der Waals surface area contributed by atoms with E-state index in [9.17, 15) is 16.8 Å². The molecule has 1 aliphatic rings. The molecule has 0 saturated carbocycles. The molecule has 1 saturated heterocycles. The molecule has 5 rings (SSSR count). The summed E-state index contributed by atoms with van der Waals surface area (Å²) in [5.74, 6) is 0.524. The van der Waals surface area contributed by atoms with E-state index >= 15 is 0 Å². The van der Waals surface area contributed by atoms with Gasteiger partial charge in [0, 0.05) is 34.7 Å². The van der Waals surface area contributed by atoms with E-state index in [0.717, 1.165) is 0 Å². The molecule has 1 fully saturated rings. The molecule has 0 atom stereocenters. The Morgan fingerprint density at radius 2 is 1.10 bits per heavy atom. The summed E-state index contributed by atoms with van der Waals surface area (Å²) in [5, 5.41) is -0.0911. The molecule has 0 bridgehead atoms. The standard InChI is InChI=1S/C16H20BN3O4S.C10H8BrN3O2S/c1-15(2)16(3,4)24-17(23-15)11-5-8-14(20-9-11)25(21,22)12-6-7-13(18)19-10-12;11-7-1-4-10(14-5-7)17(15,16)8-2-3-9(12)13-6-8/h5-10H,1-4H3,(H2,18,19);1-6H,(H2,12,13). The molecule has 0 aliphatic carbocycles. The molecule has 5 heterocycles. The summed E-state index contributed by atoms with van der Waals surface area (Å²) in [5.41, 5.74) is 10.6. The van der Waals surface area contributed by atoms with Gasteiger partial charge in [-0.2, -0.15) is 0 Å². The molecule has 1 aliphatic heterocycles. The van der Waals surface area contributed by atoms with Crippen LogP contribution in [0.4, 0.5) is 11.6 Å². The van der Waals surface area contributed by atoms with Crippen LogP contribution in [0, 0.1) is 0 Å². The van der Waals surface area contributed by atoms with Gasteiger partial charge in [-0.15, -0.1) is 0 Å². The van der Waals surface area contributed by atoms with Crippen LogP contribution in [-0.2, 0) is 29.0 Å². The van der Waals surface area contributed by atoms with Gasteiger partial charge < -0.3 is 20.8 Å². The molecule has 220 valence electrons. The molecule has 16 heteroatoms. The average molecular weight is 675 g/mol. The summed E-state index contributed by atoms with van der Waals surface area (Å²) in [6.07, 6.45) is 5.32. The normalized spacial score (nSPS) is 16.0. The van der Waals surface area contributed by atoms with Crippen molar-refractivity contribution in [3.8, 4) is 0 Å². The first-order valence-electron chi connectivity index (χ1n) is 12.4. The van der Waals surface area contributed by atoms with Gasteiger partial charge in [-0.3, -0.25) is 0 Å². The van der Waals surface area contributed by atoms with Crippen LogP contribution in [0.5, 0.6) is 0 Å². The first-order chi connectivity index (χ1) is 19.5. The van der Waals surface area contributed by atoms with Crippen LogP contribution < -0.4 is 16.9 Å². The van der Waals surface area contributed by atoms with Gasteiger partial charge in [0.2, 0.25) is 19.7 Å². The Kier molecular flexibility index (Phi) is 8.76. The number of hydrogen-bond acceptors (Lipinski definition) is 12. The maximum Gasteiger partial charge on any atom is 0.496 e. The van der Waals surface area contributed by atoms with Crippen LogP contribution in [0.25, 0.3) is 0 Å². The third-order valence-corrected chi connectivity index (χ3v) is 10.5. The maximum absolute atomic E-state index is 12.6. The monoisotopic (exact) mass is 674 g/mol. The predicted octanol–water partition coefficient (Wildman–Crippen LogP) is 2.84. The van der Waals surface area contributed by atoms with Crippen LogP contribution in [-0.4, -0.2) is 55.1 Å². The minimum atomic E-state index is -3.75. The Bertz CT molecular complexity index is 1700. The van der Waals surface area contributed by atoms with Crippen molar-refractivity contribution in [3.05, 3.63) is 77.8 Å². The second kappa shape index (κ2) is 11.7. The van der Waals surface area contributed by atoms with E-state index in [1.165, 1.54) is 61.2 Å². The van der Waals surface area contributed by atoms with E-state index in [4.69, 9.17) is 20.8 Å². The van der Waals surface area contributed by atoms with Crippen LogP contribution in [0.15, 0.2) is 97.6 Å². The lowest BCUT2D eigenvalue weighted by molar-refractivity contribution is 0.00578. The van der Waals surface area contributed by atoms with Crippen molar-refractivity contribution in [2.45, 2.75) is 58.7 Å². The molecule has 0 unspecified atom stereocenters. The first-order valence-corrected chi connectivity index (χ1v) is 16.2. The first kappa shape index (κ1) is 31.5. The highest BCUT2D eigenvalue weighted by Crippen LogP contribution is 2.36. The number of pyridine rings is 4. The minimum absolute atomic E-state index is 0.0210. The van der Waals surface area contributed by atoms with Crippen molar-refractivity contribution >= 4 is 59.8 Å². The number of rotatable bonds is 5. The van der Waals surface area contributed by atoms with Crippen LogP contribution in [0.3, 0.4) is 0 Å². The summed E-state index contributed by atoms with van der Waals surface area (Å²) >= 11 is 3.19. The van der Waals surface area contributed by atoms with Crippen LogP contribution in [0.1, 0.15) is 27.7 Å². The van der Waals surface area contributed by atoms with Crippen molar-refractivity contribution < 1.29 is 26.1 Å². The number of hydrogen-bond donors (Lipinski definition) is 2. The second-order valence-corrected chi connectivity index (χ2v) is 14.9. The largest absolute Gasteiger partial charge is 0.496 e. The Hall–Kier alpha value is -3.44. The number of aromatic nitrogens is 4. The zero-order valence-electron chi connectivity index (χ0n) is 23.1. The highest BCUT2D eigenvalue weighted by molar-refractivity contribution is 9.10. The second-order valence-electron chi connectivity index (χ2n) is 10.2. The van der Waals surface area contributed by atoms with Gasteiger partial charge in [-0.1, -0.05) is 6.07 Å². The summed E-state index contributed by atoms with van der Waals surface area (Å²) in [7, 11) is -7.97. The zero-order valence-corrected chi connectivity index (χ0v) is 26.3. The molecule has 4 N–H and O–H groups in total. The number of sulfone groups is 2. The highest BCUT2D eigenvalue weighted by Gasteiger charge is 2.51. The quantitative estimate of drug-likeness (QED) is 0.295. The topological polar surface area (TPSA) is 190 Å². The molecule has 4 aromatic rings. The number of nitrogens with two attached hydrogens (primary N) is 2. The summed E-state index contributed by atoms with van der Waals surface area (Å²) in [4.78, 5) is 15.6. The fourth-order valence-electron chi connectivity index (χ4n) is 3.53. The molecule has 0 spiro atoms. The number of anilines is 2. The molecule has 0 aromatic carbocycles. The van der Waals surface area contributed by atoms with Gasteiger partial charge in [-0.25, -0.2) is 36.8 Å². The van der Waals surface area contributed by atoms with Crippen molar-refractivity contribution in [1.82, 2.24) is 19.9 Å². The maximum atomic E-state index is 12.6. The third-order valence-electron chi connectivity index (χ3n) is 6.67. The van der Waals surface area contributed by atoms with E-state index in [-0.39, 0.29) is 31.5 Å². The fraction of sp³-hybridized carbons (Fsp3) is 0.231. The molecular weight excluding hydrogens is 647 g/mol. The Morgan fingerprint density at radius 3 is 1.45 bits per heavy atom. The molecule has 4 aromatic heterocycles. The smallest absolute Gasteiger partial charge is 0.399 e. The lowest BCUT2D eigenvalue weighted by atomic mass is 9.80. The number of nitrogen functional groups attached to an aromatic ring is 2. The highest BCUT2D eigenvalue weighted by atomic mass is 79.9. The van der Waals surface area contributed by atoms with Gasteiger partial charge in [0.25, 0.3) is 0 Å². The molecule has 42 heavy (non-hydrogen) atoms. The molecular formula is C26H28BBrN6O6S2. The third kappa shape index (κ3) is 6.62. The summed E-state index contributed by atoms with van der Waals surface area (Å²) in [6.45, 7) is 7.81. The van der Waals surface area contributed by atoms with Gasteiger partial charge in [-0.05, 0) is 86.1 Å². The van der Waals surface area contributed by atoms with Crippen molar-refractivity contribution in [2.75, 3.05) is 11.5 Å². The van der Waals surface area contributed by atoms with Crippen LogP contribution >= 0.6 is 15.9 Å². The Morgan fingerprint density at radius 1 is 0.643 bits per heavy atom. The Labute approximate surface area is 253 Å². The zero-order chi connectivity index (χ0) is 30.9. The van der Waals surface area contributed by atoms with Crippen molar-refractivity contribution in [3.63, 3.8) is 0 Å². The van der Waals surface area contributed by atoms with E-state index < -0.39 is 38.0 Å². The predicted molar refractivity (Wildman–Crippen MR) is 160 cm³/mol. The Balaban J connectivity index is 0.000000208. The average Bonchev–Trinajstić information content (AvgIpc) is 3.16. The molecule has 0 radical (unpaired) electrons. The van der Waals surface area contributed by atoms with E-state index in [0.29, 0.717) is 9.94 Å². The number of nitrogens with zero attached hydrogens (tertiary/aromatic N) is 4. The van der Waals surface area contributed by atoms with E-state index in [1.807, 2.05) is 27.7 Å². The van der Waals surface area contributed by atoms with Crippen LogP contribution in [0.2, 0.25) is 0 Å². The van der Waals surface area contributed by atoms with Gasteiger partial charge in [0.15, 0.2) is 10.1 Å². The SMILES string of the molecule is CC1(C)OB(c2ccc(S(=O)(=O)c3ccc(N)nc3)nc2)OC1(C)C.Nc1ccc(S(=O)(=O)c2ccc(Br)cn2)cn1. The number of halogens is 1. The van der Waals surface area contributed by atoms with E-state index in [1.54, 1.807) is 12.1 Å². The van der Waals surface area contributed by atoms with Gasteiger partial charge in [0.05, 0.1) is 21.0 Å². The lowest BCUT2D eigenvalue weighted by Gasteiger charge is -2.32. The van der Waals surface area contributed by atoms with Crippen molar-refractivity contribution in [2.24, 2.45) is 0 Å². The van der Waals surface area contributed by atoms with Gasteiger partial charge in [0.1, 0.15) is 11.6 Å². The fourth-order valence-corrected chi connectivity index (χ4v) is 6.01. The lowest BCUT2D eigenvalue weighted by Crippen LogP contribution is -2.41. The van der Waals surface area contributed by atoms with Crippen molar-refractivity contribution in [1.29, 1.82) is 0 Å². The van der Waals surface area contributed by atoms with Gasteiger partial charge >= 0.3 is 7.12 Å². The van der Waals surface area contributed by atoms with E-state index in [2.05, 4.69) is 35.9 Å². The minimum Gasteiger partial charge on any atom is -0.399 e.